The molecule has 0 aromatic rings. The van der Waals surface area contributed by atoms with Crippen LogP contribution in [0.25, 0.3) is 0 Å². The van der Waals surface area contributed by atoms with Crippen molar-refractivity contribution in [3.8, 4) is 0 Å². The Bertz CT molecular complexity index is 99.2. The molecule has 0 aliphatic rings. The summed E-state index contributed by atoms with van der Waals surface area (Å²) < 4.78 is 9.95. The first-order valence-electron chi connectivity index (χ1n) is 3.32. The van der Waals surface area contributed by atoms with Crippen LogP contribution >= 0.6 is 0 Å². The second-order valence-corrected chi connectivity index (χ2v) is 3.95. The van der Waals surface area contributed by atoms with Gasteiger partial charge in [0.2, 0.25) is 0 Å². The highest BCUT2D eigenvalue weighted by Crippen LogP contribution is 2.02. The minimum Gasteiger partial charge on any atom is -0.387 e. The minimum absolute atomic E-state index is 0.453. The van der Waals surface area contributed by atoms with Crippen molar-refractivity contribution in [2.24, 2.45) is 0 Å². The van der Waals surface area contributed by atoms with Crippen molar-refractivity contribution >= 4 is 8.80 Å². The summed E-state index contributed by atoms with van der Waals surface area (Å²) in [6, 6.07) is 0. The molecular weight excluding hydrogens is 148 g/mol. The Balaban J connectivity index is 3.81. The van der Waals surface area contributed by atoms with E-state index in [0.717, 1.165) is 0 Å². The highest BCUT2D eigenvalue weighted by Gasteiger charge is 2.31. The third kappa shape index (κ3) is 3.12. The fraction of sp³-hybridized carbons (Fsp3) is 0.667. The second kappa shape index (κ2) is 4.62. The zero-order chi connectivity index (χ0) is 8.04. The Kier molecular flexibility index (Phi) is 4.55. The molecule has 0 atom stereocenters. The maximum Gasteiger partial charge on any atom is 0.526 e. The molecule has 0 aromatic carbocycles. The molecular formula is C6H14O3Si. The van der Waals surface area contributed by atoms with Crippen LogP contribution < -0.4 is 0 Å². The Hall–Kier alpha value is -0.163. The molecule has 4 heteroatoms. The van der Waals surface area contributed by atoms with E-state index in [4.69, 9.17) is 8.85 Å². The zero-order valence-electron chi connectivity index (χ0n) is 6.46. The van der Waals surface area contributed by atoms with Gasteiger partial charge in [-0.05, 0) is 19.5 Å². The van der Waals surface area contributed by atoms with E-state index >= 15 is 0 Å². The van der Waals surface area contributed by atoms with Crippen LogP contribution in [0, 0.1) is 0 Å². The van der Waals surface area contributed by atoms with Crippen molar-refractivity contribution in [1.29, 1.82) is 0 Å². The maximum atomic E-state index is 9.40. The molecule has 0 bridgehead atoms. The molecule has 0 fully saturated rings. The van der Waals surface area contributed by atoms with E-state index in [1.54, 1.807) is 13.8 Å². The molecule has 60 valence electrons. The Morgan fingerprint density at radius 3 is 2.00 bits per heavy atom. The maximum absolute atomic E-state index is 9.40. The third-order valence-corrected chi connectivity index (χ3v) is 2.88. The summed E-state index contributed by atoms with van der Waals surface area (Å²) in [6.07, 6.45) is 0. The SMILES string of the molecule is C=C[Si](O)(OCC)OCC. The van der Waals surface area contributed by atoms with E-state index in [2.05, 4.69) is 6.58 Å². The fourth-order valence-electron chi connectivity index (χ4n) is 0.573. The first-order valence-corrected chi connectivity index (χ1v) is 5.16. The first kappa shape index (κ1) is 9.84. The molecule has 0 rings (SSSR count). The van der Waals surface area contributed by atoms with Crippen LogP contribution in [-0.2, 0) is 8.85 Å². The van der Waals surface area contributed by atoms with Gasteiger partial charge in [0.05, 0.1) is 0 Å². The highest BCUT2D eigenvalue weighted by atomic mass is 28.4. The van der Waals surface area contributed by atoms with Crippen LogP contribution in [0.2, 0.25) is 0 Å². The Morgan fingerprint density at radius 1 is 1.40 bits per heavy atom. The Labute approximate surface area is 62.6 Å². The molecule has 0 spiro atoms. The third-order valence-electron chi connectivity index (χ3n) is 0.960. The number of rotatable bonds is 5. The van der Waals surface area contributed by atoms with E-state index < -0.39 is 8.80 Å². The lowest BCUT2D eigenvalue weighted by Gasteiger charge is -2.18. The summed E-state index contributed by atoms with van der Waals surface area (Å²) in [7, 11) is -2.96. The van der Waals surface area contributed by atoms with Gasteiger partial charge in [-0.1, -0.05) is 6.58 Å². The van der Waals surface area contributed by atoms with Crippen LogP contribution in [0.1, 0.15) is 13.8 Å². The first-order chi connectivity index (χ1) is 4.68. The van der Waals surface area contributed by atoms with E-state index in [9.17, 15) is 4.80 Å². The smallest absolute Gasteiger partial charge is 0.387 e. The Morgan fingerprint density at radius 2 is 1.80 bits per heavy atom. The summed E-state index contributed by atoms with van der Waals surface area (Å²) in [4.78, 5) is 9.40. The van der Waals surface area contributed by atoms with Gasteiger partial charge in [0.1, 0.15) is 0 Å². The molecule has 3 nitrogen and oxygen atoms in total. The average Bonchev–Trinajstić information content (AvgIpc) is 1.89. The van der Waals surface area contributed by atoms with Gasteiger partial charge in [0.15, 0.2) is 0 Å². The van der Waals surface area contributed by atoms with Crippen LogP contribution in [0.5, 0.6) is 0 Å². The molecule has 0 saturated heterocycles. The molecule has 0 radical (unpaired) electrons. The average molecular weight is 162 g/mol. The van der Waals surface area contributed by atoms with E-state index in [0.29, 0.717) is 13.2 Å². The van der Waals surface area contributed by atoms with Crippen molar-refractivity contribution in [3.63, 3.8) is 0 Å². The van der Waals surface area contributed by atoms with Gasteiger partial charge in [0.25, 0.3) is 0 Å². The van der Waals surface area contributed by atoms with Crippen LogP contribution in [0.4, 0.5) is 0 Å². The molecule has 0 aliphatic carbocycles. The molecule has 0 saturated carbocycles. The van der Waals surface area contributed by atoms with E-state index in [1.807, 2.05) is 0 Å². The van der Waals surface area contributed by atoms with Crippen molar-refractivity contribution in [2.75, 3.05) is 13.2 Å². The predicted octanol–water partition coefficient (Wildman–Crippen LogP) is 0.716. The molecule has 10 heavy (non-hydrogen) atoms. The molecule has 0 amide bonds. The summed E-state index contributed by atoms with van der Waals surface area (Å²) in [5.41, 5.74) is 1.36. The summed E-state index contributed by atoms with van der Waals surface area (Å²) >= 11 is 0. The van der Waals surface area contributed by atoms with Gasteiger partial charge in [-0.2, -0.15) is 0 Å². The fourth-order valence-corrected chi connectivity index (χ4v) is 1.72. The summed E-state index contributed by atoms with van der Waals surface area (Å²) in [5, 5.41) is 0. The van der Waals surface area contributed by atoms with Crippen LogP contribution in [0.3, 0.4) is 0 Å². The second-order valence-electron chi connectivity index (χ2n) is 1.70. The van der Waals surface area contributed by atoms with Gasteiger partial charge in [-0.15, -0.1) is 0 Å². The lowest BCUT2D eigenvalue weighted by Crippen LogP contribution is -2.40. The quantitative estimate of drug-likeness (QED) is 0.605. The van der Waals surface area contributed by atoms with Crippen molar-refractivity contribution in [1.82, 2.24) is 0 Å². The topological polar surface area (TPSA) is 38.7 Å². The normalized spacial score (nSPS) is 11.5. The minimum atomic E-state index is -2.96. The zero-order valence-corrected chi connectivity index (χ0v) is 7.46. The van der Waals surface area contributed by atoms with Gasteiger partial charge >= 0.3 is 8.80 Å². The number of hydrogen-bond acceptors (Lipinski definition) is 3. The van der Waals surface area contributed by atoms with Crippen molar-refractivity contribution < 1.29 is 13.6 Å². The lowest BCUT2D eigenvalue weighted by atomic mass is 10.9. The van der Waals surface area contributed by atoms with Gasteiger partial charge < -0.3 is 13.6 Å². The van der Waals surface area contributed by atoms with E-state index in [-0.39, 0.29) is 0 Å². The molecule has 0 heterocycles. The van der Waals surface area contributed by atoms with Crippen molar-refractivity contribution in [3.05, 3.63) is 12.3 Å². The predicted molar refractivity (Wildman–Crippen MR) is 41.4 cm³/mol. The largest absolute Gasteiger partial charge is 0.526 e. The molecule has 0 unspecified atom stereocenters. The van der Waals surface area contributed by atoms with Gasteiger partial charge in [0, 0.05) is 13.2 Å². The number of hydrogen-bond donors (Lipinski definition) is 1. The monoisotopic (exact) mass is 162 g/mol. The standard InChI is InChI=1S/C6H14O3Si/c1-4-8-10(7,6-3)9-5-2/h6-7H,3-5H2,1-2H3. The summed E-state index contributed by atoms with van der Waals surface area (Å²) in [6.45, 7) is 7.95. The molecule has 0 aromatic heterocycles. The highest BCUT2D eigenvalue weighted by molar-refractivity contribution is 6.64. The lowest BCUT2D eigenvalue weighted by molar-refractivity contribution is 0.122. The molecule has 1 N–H and O–H groups in total. The van der Waals surface area contributed by atoms with Crippen LogP contribution in [-0.4, -0.2) is 26.8 Å². The van der Waals surface area contributed by atoms with Gasteiger partial charge in [-0.25, -0.2) is 0 Å². The van der Waals surface area contributed by atoms with Crippen LogP contribution in [0.15, 0.2) is 12.3 Å². The molecule has 0 aliphatic heterocycles. The van der Waals surface area contributed by atoms with Crippen molar-refractivity contribution in [2.45, 2.75) is 13.8 Å². The van der Waals surface area contributed by atoms with E-state index in [1.165, 1.54) is 5.70 Å². The summed E-state index contributed by atoms with van der Waals surface area (Å²) in [5.74, 6) is 0. The van der Waals surface area contributed by atoms with Gasteiger partial charge in [-0.3, -0.25) is 0 Å².